The molecule has 0 aromatic carbocycles. The minimum atomic E-state index is -2.84. The van der Waals surface area contributed by atoms with Crippen LogP contribution in [0.15, 0.2) is 0 Å². The van der Waals surface area contributed by atoms with Crippen molar-refractivity contribution < 1.29 is 13.2 Å². The van der Waals surface area contributed by atoms with E-state index < -0.39 is 9.84 Å². The molecule has 5 heteroatoms. The molecular weight excluding hydrogens is 280 g/mol. The normalized spacial score (nSPS) is 27.1. The van der Waals surface area contributed by atoms with Crippen molar-refractivity contribution in [3.63, 3.8) is 0 Å². The van der Waals surface area contributed by atoms with Gasteiger partial charge in [-0.2, -0.15) is 0 Å². The summed E-state index contributed by atoms with van der Waals surface area (Å²) >= 11 is 3.47. The molecule has 0 spiro atoms. The molecule has 1 aliphatic rings. The maximum Gasteiger partial charge on any atom is 0.150 e. The van der Waals surface area contributed by atoms with E-state index in [2.05, 4.69) is 15.9 Å². The van der Waals surface area contributed by atoms with Gasteiger partial charge < -0.3 is 4.74 Å². The van der Waals surface area contributed by atoms with E-state index in [0.29, 0.717) is 24.5 Å². The molecule has 3 nitrogen and oxygen atoms in total. The van der Waals surface area contributed by atoms with E-state index in [9.17, 15) is 8.42 Å². The zero-order chi connectivity index (χ0) is 11.4. The highest BCUT2D eigenvalue weighted by Crippen LogP contribution is 2.34. The highest BCUT2D eigenvalue weighted by molar-refractivity contribution is 9.09. The molecule has 0 aliphatic carbocycles. The van der Waals surface area contributed by atoms with Crippen molar-refractivity contribution in [2.24, 2.45) is 5.41 Å². The Bertz CT molecular complexity index is 281. The minimum Gasteiger partial charge on any atom is -0.381 e. The first-order valence-electron chi connectivity index (χ1n) is 5.38. The molecule has 1 aliphatic heterocycles. The molecule has 1 fully saturated rings. The largest absolute Gasteiger partial charge is 0.381 e. The Hall–Kier alpha value is 0.390. The second-order valence-electron chi connectivity index (χ2n) is 4.34. The lowest BCUT2D eigenvalue weighted by Crippen LogP contribution is -2.27. The maximum atomic E-state index is 11.6. The van der Waals surface area contributed by atoms with Gasteiger partial charge in [0, 0.05) is 23.1 Å². The lowest BCUT2D eigenvalue weighted by Gasteiger charge is -2.24. The molecule has 90 valence electrons. The second-order valence-corrected chi connectivity index (χ2v) is 7.20. The molecule has 0 bridgehead atoms. The van der Waals surface area contributed by atoms with E-state index >= 15 is 0 Å². The molecule has 0 N–H and O–H groups in total. The van der Waals surface area contributed by atoms with Crippen LogP contribution in [0.25, 0.3) is 0 Å². The Morgan fingerprint density at radius 1 is 1.40 bits per heavy atom. The van der Waals surface area contributed by atoms with E-state index in [0.717, 1.165) is 24.8 Å². The maximum absolute atomic E-state index is 11.6. The molecule has 1 rings (SSSR count). The SMILES string of the molecule is CCCS(=O)(=O)CCC1(CBr)CCOC1. The Labute approximate surface area is 101 Å². The average Bonchev–Trinajstić information content (AvgIpc) is 2.64. The van der Waals surface area contributed by atoms with Gasteiger partial charge >= 0.3 is 0 Å². The highest BCUT2D eigenvalue weighted by atomic mass is 79.9. The van der Waals surface area contributed by atoms with Gasteiger partial charge in [0.2, 0.25) is 0 Å². The molecule has 15 heavy (non-hydrogen) atoms. The third-order valence-corrected chi connectivity index (χ3v) is 5.97. The van der Waals surface area contributed by atoms with Gasteiger partial charge in [-0.1, -0.05) is 22.9 Å². The van der Waals surface area contributed by atoms with Crippen LogP contribution in [-0.2, 0) is 14.6 Å². The predicted molar refractivity (Wildman–Crippen MR) is 65.2 cm³/mol. The van der Waals surface area contributed by atoms with Crippen molar-refractivity contribution in [1.29, 1.82) is 0 Å². The zero-order valence-electron chi connectivity index (χ0n) is 9.17. The van der Waals surface area contributed by atoms with Gasteiger partial charge in [0.1, 0.15) is 9.84 Å². The smallest absolute Gasteiger partial charge is 0.150 e. The van der Waals surface area contributed by atoms with E-state index in [1.165, 1.54) is 0 Å². The second kappa shape index (κ2) is 5.64. The minimum absolute atomic E-state index is 0.0564. The van der Waals surface area contributed by atoms with Crippen molar-refractivity contribution in [3.05, 3.63) is 0 Å². The number of hydrogen-bond donors (Lipinski definition) is 0. The summed E-state index contributed by atoms with van der Waals surface area (Å²) in [5.41, 5.74) is 0.0564. The molecular formula is C10H19BrO3S. The fourth-order valence-electron chi connectivity index (χ4n) is 1.80. The van der Waals surface area contributed by atoms with Gasteiger partial charge in [0.25, 0.3) is 0 Å². The van der Waals surface area contributed by atoms with Crippen molar-refractivity contribution >= 4 is 25.8 Å². The third-order valence-electron chi connectivity index (χ3n) is 2.93. The number of rotatable bonds is 6. The van der Waals surface area contributed by atoms with Crippen LogP contribution in [0.5, 0.6) is 0 Å². The van der Waals surface area contributed by atoms with Crippen LogP contribution in [-0.4, -0.2) is 38.5 Å². The Balaban J connectivity index is 2.47. The molecule has 0 aromatic heterocycles. The topological polar surface area (TPSA) is 43.4 Å². The van der Waals surface area contributed by atoms with Gasteiger partial charge in [0.05, 0.1) is 12.4 Å². The number of sulfone groups is 1. The van der Waals surface area contributed by atoms with Crippen LogP contribution < -0.4 is 0 Å². The summed E-state index contributed by atoms with van der Waals surface area (Å²) in [6, 6.07) is 0. The van der Waals surface area contributed by atoms with E-state index in [1.807, 2.05) is 6.92 Å². The molecule has 1 saturated heterocycles. The zero-order valence-corrected chi connectivity index (χ0v) is 11.6. The Morgan fingerprint density at radius 3 is 2.60 bits per heavy atom. The van der Waals surface area contributed by atoms with Gasteiger partial charge in [0.15, 0.2) is 0 Å². The summed E-state index contributed by atoms with van der Waals surface area (Å²) in [6.07, 6.45) is 2.40. The van der Waals surface area contributed by atoms with Crippen molar-refractivity contribution in [2.75, 3.05) is 30.0 Å². The first-order valence-corrected chi connectivity index (χ1v) is 8.32. The van der Waals surface area contributed by atoms with Gasteiger partial charge in [-0.05, 0) is 19.3 Å². The van der Waals surface area contributed by atoms with Crippen LogP contribution in [0.4, 0.5) is 0 Å². The number of alkyl halides is 1. The Morgan fingerprint density at radius 2 is 2.13 bits per heavy atom. The van der Waals surface area contributed by atoms with Gasteiger partial charge in [-0.3, -0.25) is 0 Å². The quantitative estimate of drug-likeness (QED) is 0.705. The highest BCUT2D eigenvalue weighted by Gasteiger charge is 2.34. The van der Waals surface area contributed by atoms with Crippen LogP contribution in [0.2, 0.25) is 0 Å². The molecule has 0 saturated carbocycles. The number of ether oxygens (including phenoxy) is 1. The predicted octanol–water partition coefficient (Wildman–Crippen LogP) is 2.00. The first kappa shape index (κ1) is 13.5. The summed E-state index contributed by atoms with van der Waals surface area (Å²) in [6.45, 7) is 3.36. The monoisotopic (exact) mass is 298 g/mol. The molecule has 0 aromatic rings. The van der Waals surface area contributed by atoms with E-state index in [4.69, 9.17) is 4.74 Å². The molecule has 1 heterocycles. The average molecular weight is 299 g/mol. The van der Waals surface area contributed by atoms with Gasteiger partial charge in [-0.25, -0.2) is 8.42 Å². The lowest BCUT2D eigenvalue weighted by atomic mass is 9.87. The fourth-order valence-corrected chi connectivity index (χ4v) is 4.10. The van der Waals surface area contributed by atoms with E-state index in [-0.39, 0.29) is 5.41 Å². The van der Waals surface area contributed by atoms with Crippen LogP contribution in [0, 0.1) is 5.41 Å². The van der Waals surface area contributed by atoms with Crippen LogP contribution in [0.3, 0.4) is 0 Å². The van der Waals surface area contributed by atoms with Crippen LogP contribution >= 0.6 is 15.9 Å². The van der Waals surface area contributed by atoms with E-state index in [1.54, 1.807) is 0 Å². The molecule has 0 radical (unpaired) electrons. The fraction of sp³-hybridized carbons (Fsp3) is 1.00. The van der Waals surface area contributed by atoms with Crippen molar-refractivity contribution in [3.8, 4) is 0 Å². The summed E-state index contributed by atoms with van der Waals surface area (Å²) < 4.78 is 28.5. The third kappa shape index (κ3) is 4.04. The standard InChI is InChI=1S/C10H19BrO3S/c1-2-6-15(12,13)7-4-10(8-11)3-5-14-9-10/h2-9H2,1H3. The van der Waals surface area contributed by atoms with Crippen LogP contribution in [0.1, 0.15) is 26.2 Å². The molecule has 0 amide bonds. The first-order chi connectivity index (χ1) is 7.04. The summed E-state index contributed by atoms with van der Waals surface area (Å²) in [7, 11) is -2.84. The summed E-state index contributed by atoms with van der Waals surface area (Å²) in [5, 5.41) is 0.835. The molecule has 1 unspecified atom stereocenters. The summed E-state index contributed by atoms with van der Waals surface area (Å²) in [4.78, 5) is 0. The lowest BCUT2D eigenvalue weighted by molar-refractivity contribution is 0.160. The van der Waals surface area contributed by atoms with Crippen molar-refractivity contribution in [2.45, 2.75) is 26.2 Å². The van der Waals surface area contributed by atoms with Gasteiger partial charge in [-0.15, -0.1) is 0 Å². The Kier molecular flexibility index (Phi) is 5.06. The number of hydrogen-bond acceptors (Lipinski definition) is 3. The summed E-state index contributed by atoms with van der Waals surface area (Å²) in [5.74, 6) is 0.613. The number of halogens is 1. The molecule has 1 atom stereocenters. The van der Waals surface area contributed by atoms with Crippen molar-refractivity contribution in [1.82, 2.24) is 0 Å².